The molecule has 9 heteroatoms. The Morgan fingerprint density at radius 3 is 2.68 bits per heavy atom. The normalized spacial score (nSPS) is 14.6. The number of hydrogen-bond donors (Lipinski definition) is 0. The van der Waals surface area contributed by atoms with Gasteiger partial charge in [0.1, 0.15) is 0 Å². The van der Waals surface area contributed by atoms with E-state index in [1.807, 2.05) is 6.92 Å². The summed E-state index contributed by atoms with van der Waals surface area (Å²) in [6.45, 7) is 3.79. The monoisotopic (exact) mass is 451 g/mol. The van der Waals surface area contributed by atoms with Crippen molar-refractivity contribution >= 4 is 35.0 Å². The maximum absolute atomic E-state index is 13.1. The predicted molar refractivity (Wildman–Crippen MR) is 119 cm³/mol. The van der Waals surface area contributed by atoms with Gasteiger partial charge in [0.05, 0.1) is 17.3 Å². The van der Waals surface area contributed by atoms with E-state index in [1.165, 1.54) is 11.8 Å². The standard InChI is InChI=1S/C22H18ClN5O2S/c1-3-18(29)28-17-10-9-15(23)11-16(17)19-20(25-22(27-26-19)31-4-2)30-21(28)14-7-5-13(12-24)6-8-14/h5-11,21H,3-4H2,1-2H3/t21-/m0/s1. The van der Waals surface area contributed by atoms with E-state index in [4.69, 9.17) is 21.6 Å². The van der Waals surface area contributed by atoms with Crippen LogP contribution in [0.3, 0.4) is 0 Å². The smallest absolute Gasteiger partial charge is 0.247 e. The first-order chi connectivity index (χ1) is 15.0. The van der Waals surface area contributed by atoms with Gasteiger partial charge in [0.25, 0.3) is 0 Å². The van der Waals surface area contributed by atoms with E-state index in [0.717, 1.165) is 5.75 Å². The molecule has 31 heavy (non-hydrogen) atoms. The second-order valence-corrected chi connectivity index (χ2v) is 8.33. The Hall–Kier alpha value is -3.15. The molecular formula is C22H18ClN5O2S. The van der Waals surface area contributed by atoms with Crippen LogP contribution in [-0.2, 0) is 4.79 Å². The van der Waals surface area contributed by atoms with Gasteiger partial charge < -0.3 is 4.74 Å². The number of hydrogen-bond acceptors (Lipinski definition) is 7. The van der Waals surface area contributed by atoms with Crippen molar-refractivity contribution in [2.45, 2.75) is 31.7 Å². The van der Waals surface area contributed by atoms with Crippen molar-refractivity contribution in [1.82, 2.24) is 15.2 Å². The topological polar surface area (TPSA) is 92.0 Å². The van der Waals surface area contributed by atoms with Crippen LogP contribution in [0.15, 0.2) is 47.6 Å². The van der Waals surface area contributed by atoms with E-state index < -0.39 is 6.23 Å². The fourth-order valence-electron chi connectivity index (χ4n) is 3.31. The zero-order valence-corrected chi connectivity index (χ0v) is 18.4. The molecule has 0 saturated carbocycles. The molecule has 1 aromatic heterocycles. The highest BCUT2D eigenvalue weighted by molar-refractivity contribution is 7.99. The van der Waals surface area contributed by atoms with Crippen LogP contribution in [-0.4, -0.2) is 26.8 Å². The quantitative estimate of drug-likeness (QED) is 0.514. The van der Waals surface area contributed by atoms with Crippen LogP contribution in [0.2, 0.25) is 5.02 Å². The van der Waals surface area contributed by atoms with E-state index >= 15 is 0 Å². The van der Waals surface area contributed by atoms with Crippen molar-refractivity contribution in [2.24, 2.45) is 0 Å². The molecule has 2 heterocycles. The Balaban J connectivity index is 1.95. The summed E-state index contributed by atoms with van der Waals surface area (Å²) in [7, 11) is 0. The van der Waals surface area contributed by atoms with Crippen LogP contribution in [0.5, 0.6) is 5.88 Å². The molecule has 156 valence electrons. The zero-order chi connectivity index (χ0) is 22.0. The van der Waals surface area contributed by atoms with Crippen LogP contribution < -0.4 is 9.64 Å². The highest BCUT2D eigenvalue weighted by Crippen LogP contribution is 2.44. The molecule has 7 nitrogen and oxygen atoms in total. The van der Waals surface area contributed by atoms with Gasteiger partial charge in [-0.1, -0.05) is 49.3 Å². The number of nitrogens with zero attached hydrogens (tertiary/aromatic N) is 5. The van der Waals surface area contributed by atoms with Crippen molar-refractivity contribution in [1.29, 1.82) is 5.26 Å². The summed E-state index contributed by atoms with van der Waals surface area (Å²) in [4.78, 5) is 19.2. The third kappa shape index (κ3) is 4.07. The van der Waals surface area contributed by atoms with Gasteiger partial charge in [-0.05, 0) is 36.1 Å². The van der Waals surface area contributed by atoms with Crippen LogP contribution in [0.1, 0.15) is 37.6 Å². The zero-order valence-electron chi connectivity index (χ0n) is 16.9. The summed E-state index contributed by atoms with van der Waals surface area (Å²) in [6.07, 6.45) is -0.525. The predicted octanol–water partition coefficient (Wildman–Crippen LogP) is 5.01. The fourth-order valence-corrected chi connectivity index (χ4v) is 3.98. The van der Waals surface area contributed by atoms with E-state index in [-0.39, 0.29) is 18.2 Å². The summed E-state index contributed by atoms with van der Waals surface area (Å²) in [5, 5.41) is 18.7. The molecule has 2 aromatic carbocycles. The molecule has 1 aliphatic heterocycles. The second-order valence-electron chi connectivity index (χ2n) is 6.66. The highest BCUT2D eigenvalue weighted by atomic mass is 35.5. The molecule has 1 atom stereocenters. The summed E-state index contributed by atoms with van der Waals surface area (Å²) in [5.41, 5.74) is 2.87. The highest BCUT2D eigenvalue weighted by Gasteiger charge is 2.35. The molecule has 1 aliphatic rings. The van der Waals surface area contributed by atoms with Crippen LogP contribution in [0, 0.1) is 11.3 Å². The Morgan fingerprint density at radius 2 is 2.00 bits per heavy atom. The van der Waals surface area contributed by atoms with Crippen molar-refractivity contribution < 1.29 is 9.53 Å². The van der Waals surface area contributed by atoms with Crippen LogP contribution >= 0.6 is 23.4 Å². The van der Waals surface area contributed by atoms with Crippen molar-refractivity contribution in [3.8, 4) is 23.2 Å². The number of amides is 1. The van der Waals surface area contributed by atoms with Gasteiger partial charge in [-0.3, -0.25) is 9.69 Å². The number of carbonyl (C=O) groups is 1. The molecule has 4 rings (SSSR count). The number of nitriles is 1. The SMILES string of the molecule is CCSc1nnc2c(n1)O[C@@H](c1ccc(C#N)cc1)N(C(=O)CC)c1ccc(Cl)cc1-2. The number of carbonyl (C=O) groups excluding carboxylic acids is 1. The number of halogens is 1. The van der Waals surface area contributed by atoms with E-state index in [9.17, 15) is 4.79 Å². The lowest BCUT2D eigenvalue weighted by Crippen LogP contribution is -2.37. The van der Waals surface area contributed by atoms with Crippen LogP contribution in [0.4, 0.5) is 5.69 Å². The summed E-state index contributed by atoms with van der Waals surface area (Å²) in [5.74, 6) is 0.916. The average molecular weight is 452 g/mol. The molecule has 0 saturated heterocycles. The third-order valence-corrected chi connectivity index (χ3v) is 5.69. The Kier molecular flexibility index (Phi) is 6.07. The Labute approximate surface area is 189 Å². The van der Waals surface area contributed by atoms with E-state index in [1.54, 1.807) is 54.3 Å². The lowest BCUT2D eigenvalue weighted by atomic mass is 10.1. The van der Waals surface area contributed by atoms with Crippen molar-refractivity contribution in [3.05, 3.63) is 58.6 Å². The lowest BCUT2D eigenvalue weighted by Gasteiger charge is -2.30. The Bertz CT molecular complexity index is 1180. The number of ether oxygens (including phenoxy) is 1. The van der Waals surface area contributed by atoms with Gasteiger partial charge in [0, 0.05) is 22.6 Å². The molecule has 0 radical (unpaired) electrons. The Morgan fingerprint density at radius 1 is 1.23 bits per heavy atom. The maximum atomic E-state index is 13.1. The first-order valence-corrected chi connectivity index (χ1v) is 11.1. The van der Waals surface area contributed by atoms with Gasteiger partial charge in [-0.15, -0.1) is 10.2 Å². The second kappa shape index (κ2) is 8.92. The largest absolute Gasteiger partial charge is 0.447 e. The molecule has 0 unspecified atom stereocenters. The molecule has 0 aliphatic carbocycles. The molecule has 3 aromatic rings. The molecular weight excluding hydrogens is 434 g/mol. The summed E-state index contributed by atoms with van der Waals surface area (Å²) in [6, 6.07) is 14.3. The molecule has 1 amide bonds. The molecule has 0 bridgehead atoms. The summed E-state index contributed by atoms with van der Waals surface area (Å²) >= 11 is 7.72. The number of anilines is 1. The van der Waals surface area contributed by atoms with Gasteiger partial charge in [0.2, 0.25) is 23.2 Å². The first kappa shape index (κ1) is 21.1. The minimum absolute atomic E-state index is 0.137. The van der Waals surface area contributed by atoms with Crippen LogP contribution in [0.25, 0.3) is 11.3 Å². The van der Waals surface area contributed by atoms with Gasteiger partial charge in [-0.25, -0.2) is 0 Å². The maximum Gasteiger partial charge on any atom is 0.247 e. The first-order valence-electron chi connectivity index (χ1n) is 9.72. The minimum Gasteiger partial charge on any atom is -0.447 e. The van der Waals surface area contributed by atoms with Gasteiger partial charge >= 0.3 is 0 Å². The van der Waals surface area contributed by atoms with E-state index in [2.05, 4.69) is 21.3 Å². The minimum atomic E-state index is -0.794. The number of rotatable bonds is 4. The number of fused-ring (bicyclic) bond motifs is 3. The van der Waals surface area contributed by atoms with Gasteiger partial charge in [-0.2, -0.15) is 10.2 Å². The third-order valence-electron chi connectivity index (χ3n) is 4.74. The average Bonchev–Trinajstić information content (AvgIpc) is 2.93. The fraction of sp³-hybridized carbons (Fsp3) is 0.227. The summed E-state index contributed by atoms with van der Waals surface area (Å²) < 4.78 is 6.31. The lowest BCUT2D eigenvalue weighted by molar-refractivity contribution is -0.120. The number of benzene rings is 2. The van der Waals surface area contributed by atoms with Crippen molar-refractivity contribution in [3.63, 3.8) is 0 Å². The van der Waals surface area contributed by atoms with Gasteiger partial charge in [0.15, 0.2) is 5.69 Å². The van der Waals surface area contributed by atoms with E-state index in [0.29, 0.717) is 38.3 Å². The number of thioether (sulfide) groups is 1. The van der Waals surface area contributed by atoms with Crippen molar-refractivity contribution in [2.75, 3.05) is 10.7 Å². The molecule has 0 fully saturated rings. The molecule has 0 N–H and O–H groups in total. The molecule has 0 spiro atoms. The number of aromatic nitrogens is 3.